The van der Waals surface area contributed by atoms with Crippen molar-refractivity contribution in [3.05, 3.63) is 58.5 Å². The van der Waals surface area contributed by atoms with Crippen molar-refractivity contribution in [2.45, 2.75) is 32.7 Å². The maximum Gasteiger partial charge on any atom is 0.322 e. The van der Waals surface area contributed by atoms with Crippen LogP contribution in [0, 0.1) is 19.7 Å². The maximum atomic E-state index is 15.0. The van der Waals surface area contributed by atoms with E-state index in [4.69, 9.17) is 0 Å². The number of hydrogen-bond donors (Lipinski definition) is 2. The molecule has 0 aliphatic carbocycles. The molecule has 8 nitrogen and oxygen atoms in total. The number of pyridine rings is 1. The number of piperazine rings is 1. The van der Waals surface area contributed by atoms with Crippen LogP contribution in [0.5, 0.6) is 0 Å². The standard InChI is InChI=1S/C23H26FN5O3/c1-4-23(21(31)26-22(32)27-23)17-6-5-16(12-18(17)24)20(30)29-9-7-28(8-10-29)19-15(3)11-14(2)13-25-19/h5-6,11-13H,4,7-10H2,1-3H3,(H2,26,27,31,32). The van der Waals surface area contributed by atoms with Gasteiger partial charge in [0.25, 0.3) is 11.8 Å². The quantitative estimate of drug-likeness (QED) is 0.713. The van der Waals surface area contributed by atoms with E-state index in [0.717, 1.165) is 23.0 Å². The lowest BCUT2D eigenvalue weighted by atomic mass is 9.86. The van der Waals surface area contributed by atoms with Crippen LogP contribution >= 0.6 is 0 Å². The highest BCUT2D eigenvalue weighted by Gasteiger charge is 2.47. The molecule has 2 aliphatic rings. The van der Waals surface area contributed by atoms with Crippen LogP contribution in [-0.4, -0.2) is 53.9 Å². The average molecular weight is 439 g/mol. The first-order valence-corrected chi connectivity index (χ1v) is 10.7. The second-order valence-electron chi connectivity index (χ2n) is 8.29. The SMILES string of the molecule is CCC1(c2ccc(C(=O)N3CCN(c4ncc(C)cc4C)CC3)cc2F)NC(=O)NC1=O. The molecule has 2 saturated heterocycles. The first-order valence-electron chi connectivity index (χ1n) is 10.7. The summed E-state index contributed by atoms with van der Waals surface area (Å²) in [6, 6.07) is 5.49. The molecule has 9 heteroatoms. The zero-order valence-corrected chi connectivity index (χ0v) is 18.4. The summed E-state index contributed by atoms with van der Waals surface area (Å²) in [7, 11) is 0. The molecule has 0 saturated carbocycles. The fraction of sp³-hybridized carbons (Fsp3) is 0.391. The van der Waals surface area contributed by atoms with Gasteiger partial charge in [-0.1, -0.05) is 19.1 Å². The van der Waals surface area contributed by atoms with Crippen molar-refractivity contribution in [2.24, 2.45) is 0 Å². The Balaban J connectivity index is 1.48. The van der Waals surface area contributed by atoms with Crippen molar-refractivity contribution in [3.63, 3.8) is 0 Å². The number of carbonyl (C=O) groups excluding carboxylic acids is 3. The second kappa shape index (κ2) is 8.22. The van der Waals surface area contributed by atoms with Crippen LogP contribution in [0.3, 0.4) is 0 Å². The number of nitrogens with one attached hydrogen (secondary N) is 2. The summed E-state index contributed by atoms with van der Waals surface area (Å²) in [6.45, 7) is 7.97. The van der Waals surface area contributed by atoms with E-state index >= 15 is 4.39 Å². The van der Waals surface area contributed by atoms with Gasteiger partial charge in [-0.3, -0.25) is 14.9 Å². The molecule has 3 heterocycles. The van der Waals surface area contributed by atoms with E-state index in [1.807, 2.05) is 20.0 Å². The highest BCUT2D eigenvalue weighted by atomic mass is 19.1. The summed E-state index contributed by atoms with van der Waals surface area (Å²) in [5, 5.41) is 4.68. The lowest BCUT2D eigenvalue weighted by Gasteiger charge is -2.36. The van der Waals surface area contributed by atoms with Gasteiger partial charge in [-0.2, -0.15) is 0 Å². The van der Waals surface area contributed by atoms with Gasteiger partial charge in [0.15, 0.2) is 0 Å². The van der Waals surface area contributed by atoms with Crippen LogP contribution in [0.1, 0.15) is 40.4 Å². The third-order valence-electron chi connectivity index (χ3n) is 6.20. The number of amides is 4. The molecule has 2 fully saturated rings. The van der Waals surface area contributed by atoms with Gasteiger partial charge in [0.1, 0.15) is 17.2 Å². The fourth-order valence-electron chi connectivity index (χ4n) is 4.46. The number of benzene rings is 1. The third-order valence-corrected chi connectivity index (χ3v) is 6.20. The first-order chi connectivity index (χ1) is 15.2. The van der Waals surface area contributed by atoms with Gasteiger partial charge in [-0.05, 0) is 43.5 Å². The van der Waals surface area contributed by atoms with Crippen molar-refractivity contribution in [3.8, 4) is 0 Å². The predicted octanol–water partition coefficient (Wildman–Crippen LogP) is 2.24. The molecular formula is C23H26FN5O3. The zero-order chi connectivity index (χ0) is 23.0. The molecule has 4 amide bonds. The zero-order valence-electron chi connectivity index (χ0n) is 18.4. The number of urea groups is 1. The van der Waals surface area contributed by atoms with Crippen LogP contribution < -0.4 is 15.5 Å². The van der Waals surface area contributed by atoms with Gasteiger partial charge < -0.3 is 15.1 Å². The average Bonchev–Trinajstić information content (AvgIpc) is 3.07. The Bertz CT molecular complexity index is 1100. The number of imide groups is 1. The van der Waals surface area contributed by atoms with Crippen molar-refractivity contribution >= 4 is 23.7 Å². The minimum absolute atomic E-state index is 0.0469. The van der Waals surface area contributed by atoms with Crippen LogP contribution in [0.15, 0.2) is 30.5 Å². The van der Waals surface area contributed by atoms with Crippen LogP contribution in [0.4, 0.5) is 15.0 Å². The monoisotopic (exact) mass is 439 g/mol. The number of rotatable bonds is 4. The van der Waals surface area contributed by atoms with E-state index in [1.54, 1.807) is 11.8 Å². The van der Waals surface area contributed by atoms with E-state index in [2.05, 4.69) is 26.6 Å². The normalized spacial score (nSPS) is 20.9. The molecule has 32 heavy (non-hydrogen) atoms. The Kier molecular flexibility index (Phi) is 5.58. The summed E-state index contributed by atoms with van der Waals surface area (Å²) < 4.78 is 15.0. The number of nitrogens with zero attached hydrogens (tertiary/aromatic N) is 3. The molecule has 1 aromatic heterocycles. The second-order valence-corrected chi connectivity index (χ2v) is 8.29. The van der Waals surface area contributed by atoms with Crippen LogP contribution in [0.2, 0.25) is 0 Å². The van der Waals surface area contributed by atoms with Gasteiger partial charge >= 0.3 is 6.03 Å². The minimum Gasteiger partial charge on any atom is -0.353 e. The lowest BCUT2D eigenvalue weighted by molar-refractivity contribution is -0.124. The van der Waals surface area contributed by atoms with Gasteiger partial charge in [0.2, 0.25) is 0 Å². The van der Waals surface area contributed by atoms with Crippen LogP contribution in [-0.2, 0) is 10.3 Å². The summed E-state index contributed by atoms with van der Waals surface area (Å²) in [5.41, 5.74) is 0.985. The van der Waals surface area contributed by atoms with E-state index in [1.165, 1.54) is 12.1 Å². The molecule has 2 aromatic rings. The molecule has 1 atom stereocenters. The maximum absolute atomic E-state index is 15.0. The number of anilines is 1. The lowest BCUT2D eigenvalue weighted by Crippen LogP contribution is -2.49. The Labute approximate surface area is 185 Å². The third kappa shape index (κ3) is 3.68. The van der Waals surface area contributed by atoms with Crippen molar-refractivity contribution in [2.75, 3.05) is 31.1 Å². The molecule has 1 unspecified atom stereocenters. The Morgan fingerprint density at radius 1 is 1.16 bits per heavy atom. The number of carbonyl (C=O) groups is 3. The Morgan fingerprint density at radius 3 is 2.44 bits per heavy atom. The Hall–Kier alpha value is -3.49. The van der Waals surface area contributed by atoms with Crippen LogP contribution in [0.25, 0.3) is 0 Å². The fourth-order valence-corrected chi connectivity index (χ4v) is 4.46. The molecule has 4 rings (SSSR count). The van der Waals surface area contributed by atoms with Crippen molar-refractivity contribution < 1.29 is 18.8 Å². The molecule has 2 aliphatic heterocycles. The summed E-state index contributed by atoms with van der Waals surface area (Å²) >= 11 is 0. The molecule has 0 spiro atoms. The van der Waals surface area contributed by atoms with Crippen molar-refractivity contribution in [1.82, 2.24) is 20.5 Å². The molecule has 0 radical (unpaired) electrons. The number of aryl methyl sites for hydroxylation is 2. The summed E-state index contributed by atoms with van der Waals surface area (Å²) in [4.78, 5) is 45.3. The Morgan fingerprint density at radius 2 is 1.88 bits per heavy atom. The topological polar surface area (TPSA) is 94.6 Å². The molecular weight excluding hydrogens is 413 g/mol. The summed E-state index contributed by atoms with van der Waals surface area (Å²) in [6.07, 6.45) is 2.02. The van der Waals surface area contributed by atoms with Gasteiger partial charge in [0.05, 0.1) is 0 Å². The largest absolute Gasteiger partial charge is 0.353 e. The minimum atomic E-state index is -1.47. The number of halogens is 1. The smallest absolute Gasteiger partial charge is 0.322 e. The van der Waals surface area contributed by atoms with Gasteiger partial charge in [-0.15, -0.1) is 0 Å². The molecule has 0 bridgehead atoms. The van der Waals surface area contributed by atoms with Crippen molar-refractivity contribution in [1.29, 1.82) is 0 Å². The van der Waals surface area contributed by atoms with Gasteiger partial charge in [0, 0.05) is 43.5 Å². The number of hydrogen-bond acceptors (Lipinski definition) is 5. The number of aromatic nitrogens is 1. The first kappa shape index (κ1) is 21.7. The summed E-state index contributed by atoms with van der Waals surface area (Å²) in [5.74, 6) is -0.652. The molecule has 1 aromatic carbocycles. The highest BCUT2D eigenvalue weighted by molar-refractivity contribution is 6.07. The van der Waals surface area contributed by atoms with Gasteiger partial charge in [-0.25, -0.2) is 14.2 Å². The predicted molar refractivity (Wildman–Crippen MR) is 117 cm³/mol. The highest BCUT2D eigenvalue weighted by Crippen LogP contribution is 2.31. The van der Waals surface area contributed by atoms with E-state index in [-0.39, 0.29) is 23.5 Å². The van der Waals surface area contributed by atoms with E-state index < -0.39 is 23.3 Å². The van der Waals surface area contributed by atoms with E-state index in [9.17, 15) is 14.4 Å². The van der Waals surface area contributed by atoms with E-state index in [0.29, 0.717) is 26.2 Å². The molecule has 2 N–H and O–H groups in total. The molecule has 168 valence electrons.